The van der Waals surface area contributed by atoms with Crippen LogP contribution in [0.2, 0.25) is 0 Å². The van der Waals surface area contributed by atoms with E-state index in [4.69, 9.17) is 18.9 Å². The van der Waals surface area contributed by atoms with Crippen molar-refractivity contribution in [2.75, 3.05) is 13.2 Å². The molecule has 0 saturated carbocycles. The molecule has 0 bridgehead atoms. The first kappa shape index (κ1) is 26.8. The standard InChI is InChI=1S/C20H38O11/c1-8(2)11(9(3)21)5-6-28-19-18(27)16(25)14(23)12(31-19)7-29-20-17(26)15(24)13(22)10(4)30-20/h8-27H,5-7H2,1-4H3/t9-,10+,11?,12-,13+,14-,15-,16+,17-,18-,19-,20-/m1/s1. The summed E-state index contributed by atoms with van der Waals surface area (Å²) in [6, 6.07) is 0. The van der Waals surface area contributed by atoms with Crippen LogP contribution in [0.25, 0.3) is 0 Å². The highest BCUT2D eigenvalue weighted by Gasteiger charge is 2.46. The topological polar surface area (TPSA) is 179 Å². The van der Waals surface area contributed by atoms with E-state index in [2.05, 4.69) is 0 Å². The molecule has 0 spiro atoms. The zero-order valence-corrected chi connectivity index (χ0v) is 18.4. The van der Waals surface area contributed by atoms with Gasteiger partial charge in [-0.1, -0.05) is 13.8 Å². The summed E-state index contributed by atoms with van der Waals surface area (Å²) in [5.41, 5.74) is 0. The van der Waals surface area contributed by atoms with E-state index in [1.54, 1.807) is 6.92 Å². The zero-order valence-electron chi connectivity index (χ0n) is 18.4. The molecule has 2 fully saturated rings. The van der Waals surface area contributed by atoms with Crippen LogP contribution < -0.4 is 0 Å². The van der Waals surface area contributed by atoms with Crippen LogP contribution in [0, 0.1) is 11.8 Å². The summed E-state index contributed by atoms with van der Waals surface area (Å²) in [6.45, 7) is 6.97. The Morgan fingerprint density at radius 2 is 1.29 bits per heavy atom. The van der Waals surface area contributed by atoms with Gasteiger partial charge in [0.05, 0.1) is 25.4 Å². The molecule has 0 aromatic rings. The van der Waals surface area contributed by atoms with Crippen molar-refractivity contribution in [3.63, 3.8) is 0 Å². The molecule has 11 nitrogen and oxygen atoms in total. The highest BCUT2D eigenvalue weighted by Crippen LogP contribution is 2.27. The lowest BCUT2D eigenvalue weighted by atomic mass is 9.88. The summed E-state index contributed by atoms with van der Waals surface area (Å²) in [7, 11) is 0. The van der Waals surface area contributed by atoms with E-state index in [0.29, 0.717) is 6.42 Å². The minimum atomic E-state index is -1.56. The van der Waals surface area contributed by atoms with Crippen molar-refractivity contribution in [3.05, 3.63) is 0 Å². The normalized spacial score (nSPS) is 43.7. The molecule has 1 unspecified atom stereocenters. The van der Waals surface area contributed by atoms with Crippen molar-refractivity contribution in [2.45, 2.75) is 102 Å². The lowest BCUT2D eigenvalue weighted by Gasteiger charge is -2.42. The first-order chi connectivity index (χ1) is 14.5. The maximum Gasteiger partial charge on any atom is 0.186 e. The molecule has 0 radical (unpaired) electrons. The molecule has 12 atom stereocenters. The van der Waals surface area contributed by atoms with Crippen molar-refractivity contribution < 1.29 is 54.7 Å². The Labute approximate surface area is 182 Å². The third-order valence-electron chi connectivity index (χ3n) is 6.11. The van der Waals surface area contributed by atoms with Crippen molar-refractivity contribution in [1.29, 1.82) is 0 Å². The number of aliphatic hydroxyl groups is 7. The van der Waals surface area contributed by atoms with Gasteiger partial charge in [0.1, 0.15) is 42.7 Å². The summed E-state index contributed by atoms with van der Waals surface area (Å²) >= 11 is 0. The average Bonchev–Trinajstić information content (AvgIpc) is 2.71. The lowest BCUT2D eigenvalue weighted by Crippen LogP contribution is -2.61. The molecule has 0 aromatic carbocycles. The second-order valence-corrected chi connectivity index (χ2v) is 8.84. The number of rotatable bonds is 9. The molecule has 2 rings (SSSR count). The van der Waals surface area contributed by atoms with Gasteiger partial charge in [0, 0.05) is 0 Å². The molecule has 0 aromatic heterocycles. The SMILES string of the molecule is CC(C)C(CCO[C@@H]1O[C@H](CO[C@@H]2O[C@@H](C)[C@H](O)[C@@H](O)[C@H]2O)[C@@H](O)[C@H](O)[C@H]1O)[C@@H](C)O. The molecule has 11 heteroatoms. The van der Waals surface area contributed by atoms with E-state index < -0.39 is 67.5 Å². The van der Waals surface area contributed by atoms with Crippen molar-refractivity contribution in [2.24, 2.45) is 11.8 Å². The highest BCUT2D eigenvalue weighted by atomic mass is 16.7. The molecule has 2 heterocycles. The van der Waals surface area contributed by atoms with Crippen LogP contribution in [0.5, 0.6) is 0 Å². The first-order valence-corrected chi connectivity index (χ1v) is 10.8. The van der Waals surface area contributed by atoms with Crippen LogP contribution in [0.15, 0.2) is 0 Å². The smallest absolute Gasteiger partial charge is 0.186 e. The largest absolute Gasteiger partial charge is 0.393 e. The van der Waals surface area contributed by atoms with Gasteiger partial charge in [-0.2, -0.15) is 0 Å². The van der Waals surface area contributed by atoms with Crippen LogP contribution in [0.3, 0.4) is 0 Å². The van der Waals surface area contributed by atoms with Crippen LogP contribution in [-0.2, 0) is 18.9 Å². The van der Waals surface area contributed by atoms with Gasteiger partial charge in [0.15, 0.2) is 12.6 Å². The number of hydrogen-bond donors (Lipinski definition) is 7. The van der Waals surface area contributed by atoms with E-state index in [1.807, 2.05) is 13.8 Å². The van der Waals surface area contributed by atoms with Gasteiger partial charge in [-0.05, 0) is 32.1 Å². The third-order valence-corrected chi connectivity index (χ3v) is 6.11. The van der Waals surface area contributed by atoms with E-state index in [-0.39, 0.29) is 25.0 Å². The Bertz CT molecular complexity index is 525. The number of aliphatic hydroxyl groups excluding tert-OH is 7. The molecule has 2 saturated heterocycles. The Hall–Kier alpha value is -0.440. The van der Waals surface area contributed by atoms with Gasteiger partial charge in [0.25, 0.3) is 0 Å². The molecular weight excluding hydrogens is 416 g/mol. The zero-order chi connectivity index (χ0) is 23.5. The van der Waals surface area contributed by atoms with Crippen molar-refractivity contribution >= 4 is 0 Å². The molecule has 0 aliphatic carbocycles. The van der Waals surface area contributed by atoms with Crippen molar-refractivity contribution in [1.82, 2.24) is 0 Å². The quantitative estimate of drug-likeness (QED) is 0.199. The summed E-state index contributed by atoms with van der Waals surface area (Å²) in [5, 5.41) is 70.1. The fourth-order valence-corrected chi connectivity index (χ4v) is 3.98. The monoisotopic (exact) mass is 454 g/mol. The maximum absolute atomic E-state index is 10.2. The minimum absolute atomic E-state index is 0.0240. The fourth-order valence-electron chi connectivity index (χ4n) is 3.98. The molecule has 7 N–H and O–H groups in total. The van der Waals surface area contributed by atoms with Gasteiger partial charge in [0.2, 0.25) is 0 Å². The van der Waals surface area contributed by atoms with Crippen molar-refractivity contribution in [3.8, 4) is 0 Å². The first-order valence-electron chi connectivity index (χ1n) is 10.8. The van der Waals surface area contributed by atoms with Gasteiger partial charge < -0.3 is 54.7 Å². The van der Waals surface area contributed by atoms with Gasteiger partial charge in [-0.25, -0.2) is 0 Å². The lowest BCUT2D eigenvalue weighted by molar-refractivity contribution is -0.328. The van der Waals surface area contributed by atoms with Crippen LogP contribution >= 0.6 is 0 Å². The Balaban J connectivity index is 1.92. The van der Waals surface area contributed by atoms with Gasteiger partial charge >= 0.3 is 0 Å². The maximum atomic E-state index is 10.2. The van der Waals surface area contributed by atoms with E-state index in [9.17, 15) is 35.7 Å². The predicted octanol–water partition coefficient (Wildman–Crippen LogP) is -2.30. The summed E-state index contributed by atoms with van der Waals surface area (Å²) in [5.74, 6) is 0.191. The molecule has 2 aliphatic rings. The Morgan fingerprint density at radius 1 is 0.742 bits per heavy atom. The number of hydrogen-bond acceptors (Lipinski definition) is 11. The van der Waals surface area contributed by atoms with Crippen LogP contribution in [-0.4, -0.2) is 116 Å². The second-order valence-electron chi connectivity index (χ2n) is 8.84. The molecular formula is C20H38O11. The van der Waals surface area contributed by atoms with Gasteiger partial charge in [-0.15, -0.1) is 0 Å². The molecule has 0 amide bonds. The second kappa shape index (κ2) is 11.6. The minimum Gasteiger partial charge on any atom is -0.393 e. The predicted molar refractivity (Wildman–Crippen MR) is 106 cm³/mol. The van der Waals surface area contributed by atoms with Gasteiger partial charge in [-0.3, -0.25) is 0 Å². The number of ether oxygens (including phenoxy) is 4. The fraction of sp³-hybridized carbons (Fsp3) is 1.00. The van der Waals surface area contributed by atoms with Crippen LogP contribution in [0.4, 0.5) is 0 Å². The Kier molecular flexibility index (Phi) is 10.0. The van der Waals surface area contributed by atoms with E-state index in [1.165, 1.54) is 6.92 Å². The molecule has 31 heavy (non-hydrogen) atoms. The third kappa shape index (κ3) is 6.55. The van der Waals surface area contributed by atoms with Crippen LogP contribution in [0.1, 0.15) is 34.1 Å². The summed E-state index contributed by atoms with van der Waals surface area (Å²) in [4.78, 5) is 0. The highest BCUT2D eigenvalue weighted by molar-refractivity contribution is 4.91. The molecule has 2 aliphatic heterocycles. The Morgan fingerprint density at radius 3 is 1.84 bits per heavy atom. The van der Waals surface area contributed by atoms with E-state index in [0.717, 1.165) is 0 Å². The summed E-state index contributed by atoms with van der Waals surface area (Å²) < 4.78 is 21.9. The van der Waals surface area contributed by atoms with E-state index >= 15 is 0 Å². The summed E-state index contributed by atoms with van der Waals surface area (Å²) in [6.07, 6.45) is -13.3. The average molecular weight is 455 g/mol. The molecule has 184 valence electrons.